The van der Waals surface area contributed by atoms with Crippen LogP contribution >= 0.6 is 0 Å². The monoisotopic (exact) mass is 300 g/mol. The van der Waals surface area contributed by atoms with Crippen LogP contribution in [-0.2, 0) is 16.1 Å². The third-order valence-electron chi connectivity index (χ3n) is 4.70. The Bertz CT molecular complexity index is 517. The summed E-state index contributed by atoms with van der Waals surface area (Å²) < 4.78 is 0. The minimum atomic E-state index is 0.0636. The minimum Gasteiger partial charge on any atom is -0.353 e. The molecule has 0 atom stereocenters. The van der Waals surface area contributed by atoms with Crippen molar-refractivity contribution in [3.63, 3.8) is 0 Å². The van der Waals surface area contributed by atoms with E-state index >= 15 is 0 Å². The highest BCUT2D eigenvalue weighted by Gasteiger charge is 2.32. The molecule has 0 spiro atoms. The number of carbonyl (C=O) groups is 2. The molecule has 2 amide bonds. The predicted molar refractivity (Wildman–Crippen MR) is 84.9 cm³/mol. The molecule has 1 aromatic rings. The van der Waals surface area contributed by atoms with Gasteiger partial charge in [-0.15, -0.1) is 0 Å². The van der Waals surface area contributed by atoms with Crippen LogP contribution in [0.4, 0.5) is 0 Å². The van der Waals surface area contributed by atoms with Gasteiger partial charge in [-0.2, -0.15) is 0 Å². The SMILES string of the molecule is O=C(NCc1ccccc1)C1CCC(C(=O)NC2CC2)CC1. The molecule has 4 nitrogen and oxygen atoms in total. The second kappa shape index (κ2) is 6.95. The fraction of sp³-hybridized carbons (Fsp3) is 0.556. The Labute approximate surface area is 131 Å². The highest BCUT2D eigenvalue weighted by molar-refractivity contribution is 5.81. The second-order valence-electron chi connectivity index (χ2n) is 6.53. The highest BCUT2D eigenvalue weighted by Crippen LogP contribution is 2.30. The first kappa shape index (κ1) is 15.1. The van der Waals surface area contributed by atoms with Crippen LogP contribution in [0.2, 0.25) is 0 Å². The van der Waals surface area contributed by atoms with Crippen molar-refractivity contribution >= 4 is 11.8 Å². The average molecular weight is 300 g/mol. The van der Waals surface area contributed by atoms with Gasteiger partial charge in [0.25, 0.3) is 0 Å². The quantitative estimate of drug-likeness (QED) is 0.877. The van der Waals surface area contributed by atoms with Gasteiger partial charge in [0.15, 0.2) is 0 Å². The van der Waals surface area contributed by atoms with E-state index in [0.717, 1.165) is 44.1 Å². The van der Waals surface area contributed by atoms with Crippen molar-refractivity contribution in [3.05, 3.63) is 35.9 Å². The van der Waals surface area contributed by atoms with Crippen molar-refractivity contribution in [2.45, 2.75) is 51.1 Å². The number of rotatable bonds is 5. The van der Waals surface area contributed by atoms with Crippen molar-refractivity contribution in [2.24, 2.45) is 11.8 Å². The summed E-state index contributed by atoms with van der Waals surface area (Å²) in [5.74, 6) is 0.503. The molecule has 0 heterocycles. The van der Waals surface area contributed by atoms with Gasteiger partial charge in [-0.3, -0.25) is 9.59 Å². The first-order valence-electron chi connectivity index (χ1n) is 8.34. The maximum Gasteiger partial charge on any atom is 0.223 e. The smallest absolute Gasteiger partial charge is 0.223 e. The minimum absolute atomic E-state index is 0.0636. The molecule has 2 aliphatic carbocycles. The van der Waals surface area contributed by atoms with Gasteiger partial charge in [-0.1, -0.05) is 30.3 Å². The second-order valence-corrected chi connectivity index (χ2v) is 6.53. The van der Waals surface area contributed by atoms with E-state index in [4.69, 9.17) is 0 Å². The maximum absolute atomic E-state index is 12.2. The molecule has 2 saturated carbocycles. The Hall–Kier alpha value is -1.84. The summed E-state index contributed by atoms with van der Waals surface area (Å²) in [5, 5.41) is 6.09. The van der Waals surface area contributed by atoms with Crippen LogP contribution in [0.3, 0.4) is 0 Å². The summed E-state index contributed by atoms with van der Waals surface area (Å²) in [4.78, 5) is 24.2. The number of benzene rings is 1. The number of amides is 2. The lowest BCUT2D eigenvalue weighted by Crippen LogP contribution is -2.38. The zero-order valence-electron chi connectivity index (χ0n) is 12.9. The van der Waals surface area contributed by atoms with Crippen molar-refractivity contribution in [1.29, 1.82) is 0 Å². The van der Waals surface area contributed by atoms with E-state index in [0.29, 0.717) is 12.6 Å². The number of carbonyl (C=O) groups excluding carboxylic acids is 2. The van der Waals surface area contributed by atoms with Gasteiger partial charge < -0.3 is 10.6 Å². The molecule has 2 N–H and O–H groups in total. The number of nitrogens with one attached hydrogen (secondary N) is 2. The average Bonchev–Trinajstić information content (AvgIpc) is 3.37. The third-order valence-corrected chi connectivity index (χ3v) is 4.70. The van der Waals surface area contributed by atoms with E-state index in [1.165, 1.54) is 0 Å². The summed E-state index contributed by atoms with van der Waals surface area (Å²) in [5.41, 5.74) is 1.12. The maximum atomic E-state index is 12.2. The summed E-state index contributed by atoms with van der Waals surface area (Å²) in [6.45, 7) is 0.585. The highest BCUT2D eigenvalue weighted by atomic mass is 16.2. The summed E-state index contributed by atoms with van der Waals surface area (Å²) >= 11 is 0. The first-order valence-corrected chi connectivity index (χ1v) is 8.34. The third kappa shape index (κ3) is 4.09. The van der Waals surface area contributed by atoms with Gasteiger partial charge in [0.05, 0.1) is 0 Å². The van der Waals surface area contributed by atoms with Crippen molar-refractivity contribution in [3.8, 4) is 0 Å². The lowest BCUT2D eigenvalue weighted by molar-refractivity contribution is -0.130. The van der Waals surface area contributed by atoms with E-state index in [9.17, 15) is 9.59 Å². The lowest BCUT2D eigenvalue weighted by Gasteiger charge is -2.27. The molecule has 2 aliphatic rings. The Morgan fingerprint density at radius 2 is 1.45 bits per heavy atom. The molecule has 1 aromatic carbocycles. The van der Waals surface area contributed by atoms with Crippen LogP contribution in [0.5, 0.6) is 0 Å². The van der Waals surface area contributed by atoms with Crippen LogP contribution < -0.4 is 10.6 Å². The molecule has 0 bridgehead atoms. The van der Waals surface area contributed by atoms with Crippen LogP contribution in [0.25, 0.3) is 0 Å². The molecule has 2 fully saturated rings. The predicted octanol–water partition coefficient (Wildman–Crippen LogP) is 2.39. The molecule has 0 unspecified atom stereocenters. The summed E-state index contributed by atoms with van der Waals surface area (Å²) in [6, 6.07) is 10.4. The van der Waals surface area contributed by atoms with E-state index in [2.05, 4.69) is 10.6 Å². The van der Waals surface area contributed by atoms with E-state index in [1.807, 2.05) is 30.3 Å². The largest absolute Gasteiger partial charge is 0.353 e. The fourth-order valence-corrected chi connectivity index (χ4v) is 3.09. The van der Waals surface area contributed by atoms with E-state index in [1.54, 1.807) is 0 Å². The van der Waals surface area contributed by atoms with Crippen molar-refractivity contribution in [2.75, 3.05) is 0 Å². The van der Waals surface area contributed by atoms with Crippen LogP contribution in [-0.4, -0.2) is 17.9 Å². The molecule has 0 radical (unpaired) electrons. The normalized spacial score (nSPS) is 24.5. The van der Waals surface area contributed by atoms with Crippen molar-refractivity contribution in [1.82, 2.24) is 10.6 Å². The molecule has 118 valence electrons. The van der Waals surface area contributed by atoms with Gasteiger partial charge in [0.2, 0.25) is 11.8 Å². The Balaban J connectivity index is 1.40. The Morgan fingerprint density at radius 3 is 2.05 bits per heavy atom. The van der Waals surface area contributed by atoms with Crippen molar-refractivity contribution < 1.29 is 9.59 Å². The molecule has 22 heavy (non-hydrogen) atoms. The molecule has 0 aliphatic heterocycles. The molecular formula is C18H24N2O2. The zero-order valence-corrected chi connectivity index (χ0v) is 12.9. The first-order chi connectivity index (χ1) is 10.7. The van der Waals surface area contributed by atoms with Crippen LogP contribution in [0, 0.1) is 11.8 Å². The van der Waals surface area contributed by atoms with Gasteiger partial charge in [0, 0.05) is 24.4 Å². The van der Waals surface area contributed by atoms with Gasteiger partial charge in [-0.25, -0.2) is 0 Å². The zero-order chi connectivity index (χ0) is 15.4. The Morgan fingerprint density at radius 1 is 0.864 bits per heavy atom. The topological polar surface area (TPSA) is 58.2 Å². The lowest BCUT2D eigenvalue weighted by atomic mass is 9.81. The molecule has 0 saturated heterocycles. The summed E-state index contributed by atoms with van der Waals surface area (Å²) in [6.07, 6.45) is 5.57. The summed E-state index contributed by atoms with van der Waals surface area (Å²) in [7, 11) is 0. The fourth-order valence-electron chi connectivity index (χ4n) is 3.09. The van der Waals surface area contributed by atoms with E-state index < -0.39 is 0 Å². The standard InChI is InChI=1S/C18H24N2O2/c21-17(19-12-13-4-2-1-3-5-13)14-6-8-15(9-7-14)18(22)20-16-10-11-16/h1-5,14-16H,6-12H2,(H,19,21)(H,20,22). The Kier molecular flexibility index (Phi) is 4.76. The van der Waals surface area contributed by atoms with Crippen LogP contribution in [0.1, 0.15) is 44.1 Å². The number of hydrogen-bond donors (Lipinski definition) is 2. The molecule has 4 heteroatoms. The number of hydrogen-bond acceptors (Lipinski definition) is 2. The van der Waals surface area contributed by atoms with Gasteiger partial charge >= 0.3 is 0 Å². The molecular weight excluding hydrogens is 276 g/mol. The molecule has 0 aromatic heterocycles. The van der Waals surface area contributed by atoms with E-state index in [-0.39, 0.29) is 23.7 Å². The molecule has 3 rings (SSSR count). The van der Waals surface area contributed by atoms with Crippen LogP contribution in [0.15, 0.2) is 30.3 Å². The van der Waals surface area contributed by atoms with Gasteiger partial charge in [-0.05, 0) is 44.1 Å². The van der Waals surface area contributed by atoms with Gasteiger partial charge in [0.1, 0.15) is 0 Å².